The zero-order chi connectivity index (χ0) is 20.8. The Kier molecular flexibility index (Phi) is 4.51. The smallest absolute Gasteiger partial charge is 0.229 e. The number of aliphatic hydroxyl groups is 1. The number of nitrogens with zero attached hydrogens (tertiary/aromatic N) is 3. The number of rotatable bonds is 4. The van der Waals surface area contributed by atoms with E-state index >= 15 is 0 Å². The van der Waals surface area contributed by atoms with E-state index in [0.29, 0.717) is 11.6 Å². The molecule has 8 nitrogen and oxygen atoms in total. The van der Waals surface area contributed by atoms with E-state index in [-0.39, 0.29) is 24.3 Å². The highest BCUT2D eigenvalue weighted by Gasteiger charge is 2.42. The van der Waals surface area contributed by atoms with Crippen LogP contribution in [0, 0.1) is 18.8 Å². The third-order valence-electron chi connectivity index (χ3n) is 6.08. The zero-order valence-electron chi connectivity index (χ0n) is 16.8. The molecule has 0 saturated heterocycles. The van der Waals surface area contributed by atoms with Crippen LogP contribution in [0.1, 0.15) is 24.1 Å². The first-order chi connectivity index (χ1) is 14.5. The summed E-state index contributed by atoms with van der Waals surface area (Å²) in [7, 11) is 0. The van der Waals surface area contributed by atoms with Crippen molar-refractivity contribution in [3.8, 4) is 11.3 Å². The summed E-state index contributed by atoms with van der Waals surface area (Å²) < 4.78 is 0. The molecule has 8 heteroatoms. The summed E-state index contributed by atoms with van der Waals surface area (Å²) in [6.07, 6.45) is 6.27. The van der Waals surface area contributed by atoms with E-state index in [4.69, 9.17) is 5.73 Å². The molecule has 5 N–H and O–H groups in total. The molecule has 0 bridgehead atoms. The van der Waals surface area contributed by atoms with Gasteiger partial charge in [0, 0.05) is 42.4 Å². The first-order valence-electron chi connectivity index (χ1n) is 10.3. The first kappa shape index (κ1) is 18.7. The number of anilines is 3. The van der Waals surface area contributed by atoms with Crippen molar-refractivity contribution in [2.75, 3.05) is 29.5 Å². The van der Waals surface area contributed by atoms with Gasteiger partial charge in [0.1, 0.15) is 11.6 Å². The van der Waals surface area contributed by atoms with Crippen LogP contribution in [0.4, 0.5) is 17.3 Å². The molecule has 154 valence electrons. The number of pyridine rings is 3. The Morgan fingerprint density at radius 1 is 1.33 bits per heavy atom. The van der Waals surface area contributed by atoms with Crippen molar-refractivity contribution in [3.63, 3.8) is 0 Å². The molecule has 30 heavy (non-hydrogen) atoms. The molecule has 1 aliphatic carbocycles. The Hall–Kier alpha value is -3.26. The summed E-state index contributed by atoms with van der Waals surface area (Å²) in [5.41, 5.74) is 11.2. The van der Waals surface area contributed by atoms with Gasteiger partial charge in [-0.3, -0.25) is 9.78 Å². The number of nitrogen functional groups attached to an aromatic ring is 1. The van der Waals surface area contributed by atoms with Crippen molar-refractivity contribution in [1.29, 1.82) is 0 Å². The van der Waals surface area contributed by atoms with Gasteiger partial charge in [-0.05, 0) is 55.2 Å². The molecule has 1 saturated carbocycles. The summed E-state index contributed by atoms with van der Waals surface area (Å²) in [6.45, 7) is 3.05. The molecule has 0 unspecified atom stereocenters. The van der Waals surface area contributed by atoms with Gasteiger partial charge in [0.2, 0.25) is 5.91 Å². The highest BCUT2D eigenvalue weighted by molar-refractivity contribution is 5.98. The van der Waals surface area contributed by atoms with Gasteiger partial charge in [-0.25, -0.2) is 9.97 Å². The quantitative estimate of drug-likeness (QED) is 0.526. The molecule has 2 atom stereocenters. The number of carbonyl (C=O) groups is 1. The van der Waals surface area contributed by atoms with Crippen LogP contribution < -0.4 is 16.4 Å². The number of aliphatic hydroxyl groups excluding tert-OH is 1. The Morgan fingerprint density at radius 3 is 3.00 bits per heavy atom. The zero-order valence-corrected chi connectivity index (χ0v) is 16.8. The standard InChI is InChI=1S/C22H24N6O2/c1-11-15(8-25-17-3-2-4-24-20(11)17)18-6-12-7-19(26-9-16(12)21(23)27-18)28-22(30)14-5-13(14)10-29/h6-9,13-14,24,29H,2-5,10H2,1H3,(H2,23,27)(H,26,28,30)/t13-,14-/m0/s1. The lowest BCUT2D eigenvalue weighted by atomic mass is 9.99. The minimum atomic E-state index is -0.137. The average Bonchev–Trinajstić information content (AvgIpc) is 3.54. The minimum Gasteiger partial charge on any atom is -0.396 e. The van der Waals surface area contributed by atoms with Crippen molar-refractivity contribution in [1.82, 2.24) is 15.0 Å². The lowest BCUT2D eigenvalue weighted by molar-refractivity contribution is -0.117. The van der Waals surface area contributed by atoms with Gasteiger partial charge < -0.3 is 21.5 Å². The molecule has 2 aliphatic rings. The maximum absolute atomic E-state index is 12.3. The third-order valence-corrected chi connectivity index (χ3v) is 6.08. The number of nitrogens with two attached hydrogens (primary N) is 1. The normalized spacial score (nSPS) is 19.8. The summed E-state index contributed by atoms with van der Waals surface area (Å²) in [5, 5.41) is 17.1. The van der Waals surface area contributed by atoms with Crippen LogP contribution in [0.3, 0.4) is 0 Å². The highest BCUT2D eigenvalue weighted by atomic mass is 16.3. The number of nitrogens with one attached hydrogen (secondary N) is 2. The molecule has 0 aromatic carbocycles. The van der Waals surface area contributed by atoms with Crippen LogP contribution in [-0.2, 0) is 11.2 Å². The monoisotopic (exact) mass is 404 g/mol. The van der Waals surface area contributed by atoms with Crippen LogP contribution in [0.15, 0.2) is 24.5 Å². The third kappa shape index (κ3) is 3.23. The molecular weight excluding hydrogens is 380 g/mol. The van der Waals surface area contributed by atoms with E-state index in [9.17, 15) is 9.90 Å². The highest BCUT2D eigenvalue weighted by Crippen LogP contribution is 2.39. The van der Waals surface area contributed by atoms with Crippen molar-refractivity contribution in [2.45, 2.75) is 26.2 Å². The molecule has 1 amide bonds. The topological polar surface area (TPSA) is 126 Å². The summed E-state index contributed by atoms with van der Waals surface area (Å²) in [4.78, 5) is 25.8. The van der Waals surface area contributed by atoms with Gasteiger partial charge >= 0.3 is 0 Å². The van der Waals surface area contributed by atoms with Gasteiger partial charge in [0.25, 0.3) is 0 Å². The van der Waals surface area contributed by atoms with Crippen LogP contribution >= 0.6 is 0 Å². The van der Waals surface area contributed by atoms with Crippen molar-refractivity contribution < 1.29 is 9.90 Å². The Morgan fingerprint density at radius 2 is 2.20 bits per heavy atom. The summed E-state index contributed by atoms with van der Waals surface area (Å²) >= 11 is 0. The SMILES string of the molecule is Cc1c(-c2cc3cc(NC(=O)[C@H]4C[C@H]4CO)ncc3c(N)n2)cnc2c1NCCC2. The summed E-state index contributed by atoms with van der Waals surface area (Å²) in [5.74, 6) is 0.673. The molecule has 0 spiro atoms. The molecule has 3 aromatic heterocycles. The second-order valence-electron chi connectivity index (χ2n) is 8.11. The number of aryl methyl sites for hydroxylation is 1. The van der Waals surface area contributed by atoms with E-state index in [0.717, 1.165) is 64.8 Å². The van der Waals surface area contributed by atoms with Crippen LogP contribution in [0.25, 0.3) is 22.0 Å². The second-order valence-corrected chi connectivity index (χ2v) is 8.11. The minimum absolute atomic E-state index is 0.0395. The predicted molar refractivity (Wildman–Crippen MR) is 116 cm³/mol. The van der Waals surface area contributed by atoms with Crippen LogP contribution in [-0.4, -0.2) is 39.1 Å². The summed E-state index contributed by atoms with van der Waals surface area (Å²) in [6, 6.07) is 3.76. The molecule has 3 aromatic rings. The molecule has 1 aliphatic heterocycles. The first-order valence-corrected chi connectivity index (χ1v) is 10.3. The Balaban J connectivity index is 1.50. The number of hydrogen-bond acceptors (Lipinski definition) is 7. The van der Waals surface area contributed by atoms with E-state index in [1.54, 1.807) is 6.20 Å². The fourth-order valence-corrected chi connectivity index (χ4v) is 4.18. The van der Waals surface area contributed by atoms with E-state index in [1.807, 2.05) is 18.3 Å². The van der Waals surface area contributed by atoms with Crippen molar-refractivity contribution >= 4 is 34.0 Å². The van der Waals surface area contributed by atoms with Gasteiger partial charge in [0.15, 0.2) is 0 Å². The van der Waals surface area contributed by atoms with E-state index < -0.39 is 0 Å². The van der Waals surface area contributed by atoms with Crippen LogP contribution in [0.5, 0.6) is 0 Å². The van der Waals surface area contributed by atoms with Gasteiger partial charge in [-0.15, -0.1) is 0 Å². The maximum atomic E-state index is 12.3. The number of aromatic nitrogens is 3. The Labute approximate surface area is 173 Å². The maximum Gasteiger partial charge on any atom is 0.229 e. The largest absolute Gasteiger partial charge is 0.396 e. The van der Waals surface area contributed by atoms with Gasteiger partial charge in [-0.1, -0.05) is 0 Å². The van der Waals surface area contributed by atoms with Crippen molar-refractivity contribution in [2.24, 2.45) is 11.8 Å². The molecule has 5 rings (SSSR count). The number of fused-ring (bicyclic) bond motifs is 2. The van der Waals surface area contributed by atoms with Gasteiger partial charge in [0.05, 0.1) is 17.1 Å². The lowest BCUT2D eigenvalue weighted by Crippen LogP contribution is -2.16. The molecule has 0 radical (unpaired) electrons. The molecule has 4 heterocycles. The molecular formula is C22H24N6O2. The van der Waals surface area contributed by atoms with Gasteiger partial charge in [-0.2, -0.15) is 0 Å². The number of carbonyl (C=O) groups excluding carboxylic acids is 1. The van der Waals surface area contributed by atoms with E-state index in [2.05, 4.69) is 32.5 Å². The second kappa shape index (κ2) is 7.21. The van der Waals surface area contributed by atoms with E-state index in [1.165, 1.54) is 0 Å². The fourth-order valence-electron chi connectivity index (χ4n) is 4.18. The number of amides is 1. The van der Waals surface area contributed by atoms with Crippen LogP contribution in [0.2, 0.25) is 0 Å². The number of hydrogen-bond donors (Lipinski definition) is 4. The fraction of sp³-hybridized carbons (Fsp3) is 0.364. The van der Waals surface area contributed by atoms with Crippen molar-refractivity contribution in [3.05, 3.63) is 35.8 Å². The predicted octanol–water partition coefficient (Wildman–Crippen LogP) is 2.51. The molecule has 1 fully saturated rings. The average molecular weight is 404 g/mol. The lowest BCUT2D eigenvalue weighted by Gasteiger charge is -2.21. The Bertz CT molecular complexity index is 1160.